The van der Waals surface area contributed by atoms with Gasteiger partial charge in [-0.15, -0.1) is 0 Å². The van der Waals surface area contributed by atoms with Gasteiger partial charge in [-0.25, -0.2) is 0 Å². The van der Waals surface area contributed by atoms with E-state index in [1.54, 1.807) is 4.90 Å². The van der Waals surface area contributed by atoms with E-state index >= 15 is 0 Å². The Kier molecular flexibility index (Phi) is 4.83. The van der Waals surface area contributed by atoms with Gasteiger partial charge in [0.2, 0.25) is 11.8 Å². The third-order valence-corrected chi connectivity index (χ3v) is 3.69. The Morgan fingerprint density at radius 2 is 2.00 bits per heavy atom. The molecule has 1 fully saturated rings. The summed E-state index contributed by atoms with van der Waals surface area (Å²) in [6.07, 6.45) is 1.87. The van der Waals surface area contributed by atoms with E-state index in [0.29, 0.717) is 19.4 Å². The highest BCUT2D eigenvalue weighted by molar-refractivity contribution is 6.03. The molecule has 1 unspecified atom stereocenters. The van der Waals surface area contributed by atoms with Gasteiger partial charge >= 0.3 is 0 Å². The zero-order chi connectivity index (χ0) is 15.4. The minimum Gasteiger partial charge on any atom is -0.376 e. The van der Waals surface area contributed by atoms with Crippen LogP contribution in [0.2, 0.25) is 0 Å². The Morgan fingerprint density at radius 3 is 2.67 bits per heavy atom. The topological polar surface area (TPSA) is 52.7 Å². The number of carbonyl (C=O) groups excluding carboxylic acids is 2. The van der Waals surface area contributed by atoms with Gasteiger partial charge in [0.15, 0.2) is 0 Å². The van der Waals surface area contributed by atoms with Crippen molar-refractivity contribution >= 4 is 23.2 Å². The minimum absolute atomic E-state index is 0.0167. The lowest BCUT2D eigenvalue weighted by molar-refractivity contribution is -0.125. The highest BCUT2D eigenvalue weighted by Gasteiger charge is 2.31. The lowest BCUT2D eigenvalue weighted by Crippen LogP contribution is -2.45. The molecule has 5 heteroatoms. The van der Waals surface area contributed by atoms with Gasteiger partial charge in [-0.05, 0) is 18.6 Å². The van der Waals surface area contributed by atoms with Gasteiger partial charge in [-0.2, -0.15) is 0 Å². The molecule has 1 aromatic carbocycles. The lowest BCUT2D eigenvalue weighted by atomic mass is 10.1. The van der Waals surface area contributed by atoms with Crippen LogP contribution in [0.25, 0.3) is 0 Å². The van der Waals surface area contributed by atoms with Gasteiger partial charge < -0.3 is 15.1 Å². The molecule has 1 N–H and O–H groups in total. The molecule has 0 aromatic heterocycles. The van der Waals surface area contributed by atoms with Gasteiger partial charge in [-0.1, -0.05) is 25.5 Å². The number of benzene rings is 1. The molecule has 0 saturated carbocycles. The first-order chi connectivity index (χ1) is 10.0. The normalized spacial score (nSPS) is 19.2. The van der Waals surface area contributed by atoms with Gasteiger partial charge in [0, 0.05) is 27.1 Å². The smallest absolute Gasteiger partial charge is 0.249 e. The van der Waals surface area contributed by atoms with E-state index in [1.807, 2.05) is 50.2 Å². The summed E-state index contributed by atoms with van der Waals surface area (Å²) in [5.74, 6) is -0.0661. The average Bonchev–Trinajstić information content (AvgIpc) is 2.59. The molecule has 1 aliphatic heterocycles. The van der Waals surface area contributed by atoms with Crippen LogP contribution < -0.4 is 15.1 Å². The molecular weight excluding hydrogens is 266 g/mol. The maximum atomic E-state index is 12.7. The van der Waals surface area contributed by atoms with E-state index in [1.165, 1.54) is 0 Å². The quantitative estimate of drug-likeness (QED) is 0.919. The lowest BCUT2D eigenvalue weighted by Gasteiger charge is -2.28. The molecule has 1 aliphatic rings. The Morgan fingerprint density at radius 1 is 1.29 bits per heavy atom. The predicted octanol–water partition coefficient (Wildman–Crippen LogP) is 1.77. The molecule has 21 heavy (non-hydrogen) atoms. The molecule has 0 radical (unpaired) electrons. The maximum absolute atomic E-state index is 12.7. The Balaban J connectivity index is 2.37. The SMILES string of the molecule is CCCC1NC(=O)CCN(c2ccccc2N(C)C)C1=O. The van der Waals surface area contributed by atoms with Crippen LogP contribution in [0.3, 0.4) is 0 Å². The van der Waals surface area contributed by atoms with E-state index in [4.69, 9.17) is 0 Å². The largest absolute Gasteiger partial charge is 0.376 e. The monoisotopic (exact) mass is 289 g/mol. The van der Waals surface area contributed by atoms with Gasteiger partial charge in [-0.3, -0.25) is 9.59 Å². The Bertz CT molecular complexity index is 528. The van der Waals surface area contributed by atoms with E-state index in [0.717, 1.165) is 17.8 Å². The zero-order valence-electron chi connectivity index (χ0n) is 12.9. The number of nitrogens with one attached hydrogen (secondary N) is 1. The summed E-state index contributed by atoms with van der Waals surface area (Å²) in [6.45, 7) is 2.44. The summed E-state index contributed by atoms with van der Waals surface area (Å²) in [5.41, 5.74) is 1.85. The molecule has 5 nitrogen and oxygen atoms in total. The van der Waals surface area contributed by atoms with Crippen LogP contribution in [-0.4, -0.2) is 38.5 Å². The second-order valence-electron chi connectivity index (χ2n) is 5.53. The molecule has 1 saturated heterocycles. The van der Waals surface area contributed by atoms with Crippen LogP contribution >= 0.6 is 0 Å². The number of anilines is 2. The van der Waals surface area contributed by atoms with E-state index in [-0.39, 0.29) is 11.8 Å². The van der Waals surface area contributed by atoms with E-state index in [9.17, 15) is 9.59 Å². The second-order valence-corrected chi connectivity index (χ2v) is 5.53. The van der Waals surface area contributed by atoms with Crippen LogP contribution in [-0.2, 0) is 9.59 Å². The van der Waals surface area contributed by atoms with Crippen LogP contribution in [0.1, 0.15) is 26.2 Å². The molecule has 2 amide bonds. The summed E-state index contributed by atoms with van der Waals surface area (Å²) < 4.78 is 0. The summed E-state index contributed by atoms with van der Waals surface area (Å²) in [7, 11) is 3.90. The second kappa shape index (κ2) is 6.61. The zero-order valence-corrected chi connectivity index (χ0v) is 12.9. The molecule has 1 aromatic rings. The van der Waals surface area contributed by atoms with Crippen LogP contribution in [0.15, 0.2) is 24.3 Å². The summed E-state index contributed by atoms with van der Waals surface area (Å²) >= 11 is 0. The Hall–Kier alpha value is -2.04. The summed E-state index contributed by atoms with van der Waals surface area (Å²) in [5, 5.41) is 2.83. The van der Waals surface area contributed by atoms with Crippen molar-refractivity contribution in [1.29, 1.82) is 0 Å². The highest BCUT2D eigenvalue weighted by Crippen LogP contribution is 2.29. The standard InChI is InChI=1S/C16H23N3O2/c1-4-7-12-16(21)19(11-10-15(20)17-12)14-9-6-5-8-13(14)18(2)3/h5-6,8-9,12H,4,7,10-11H2,1-3H3,(H,17,20). The molecular formula is C16H23N3O2. The van der Waals surface area contributed by atoms with Crippen molar-refractivity contribution in [2.75, 3.05) is 30.4 Å². The van der Waals surface area contributed by atoms with E-state index in [2.05, 4.69) is 5.32 Å². The average molecular weight is 289 g/mol. The third-order valence-electron chi connectivity index (χ3n) is 3.69. The first-order valence-electron chi connectivity index (χ1n) is 7.41. The first kappa shape index (κ1) is 15.4. The fraction of sp³-hybridized carbons (Fsp3) is 0.500. The minimum atomic E-state index is -0.416. The van der Waals surface area contributed by atoms with E-state index < -0.39 is 6.04 Å². The predicted molar refractivity (Wildman–Crippen MR) is 84.6 cm³/mol. The fourth-order valence-electron chi connectivity index (χ4n) is 2.63. The number of carbonyl (C=O) groups is 2. The van der Waals surface area contributed by atoms with Crippen LogP contribution in [0, 0.1) is 0 Å². The molecule has 1 atom stereocenters. The molecule has 0 aliphatic carbocycles. The Labute approximate surface area is 125 Å². The van der Waals surface area contributed by atoms with Crippen molar-refractivity contribution < 1.29 is 9.59 Å². The summed E-state index contributed by atoms with van der Waals surface area (Å²) in [6, 6.07) is 7.38. The third kappa shape index (κ3) is 3.35. The van der Waals surface area contributed by atoms with Gasteiger partial charge in [0.05, 0.1) is 11.4 Å². The number of rotatable bonds is 4. The molecule has 114 valence electrons. The first-order valence-corrected chi connectivity index (χ1v) is 7.41. The van der Waals surface area contributed by atoms with Crippen molar-refractivity contribution in [1.82, 2.24) is 5.32 Å². The number of amides is 2. The fourth-order valence-corrected chi connectivity index (χ4v) is 2.63. The number of para-hydroxylation sites is 2. The van der Waals surface area contributed by atoms with Crippen LogP contribution in [0.4, 0.5) is 11.4 Å². The van der Waals surface area contributed by atoms with Crippen molar-refractivity contribution in [3.63, 3.8) is 0 Å². The maximum Gasteiger partial charge on any atom is 0.249 e. The number of hydrogen-bond acceptors (Lipinski definition) is 3. The molecule has 0 bridgehead atoms. The van der Waals surface area contributed by atoms with Crippen LogP contribution in [0.5, 0.6) is 0 Å². The van der Waals surface area contributed by atoms with Gasteiger partial charge in [0.25, 0.3) is 0 Å². The van der Waals surface area contributed by atoms with Gasteiger partial charge in [0.1, 0.15) is 6.04 Å². The molecule has 0 spiro atoms. The molecule has 1 heterocycles. The summed E-state index contributed by atoms with van der Waals surface area (Å²) in [4.78, 5) is 28.3. The van der Waals surface area contributed by atoms with Crippen molar-refractivity contribution in [2.45, 2.75) is 32.2 Å². The number of hydrogen-bond donors (Lipinski definition) is 1. The molecule has 2 rings (SSSR count). The van der Waals surface area contributed by atoms with Crippen molar-refractivity contribution in [2.24, 2.45) is 0 Å². The van der Waals surface area contributed by atoms with Crippen molar-refractivity contribution in [3.05, 3.63) is 24.3 Å². The number of nitrogens with zero attached hydrogens (tertiary/aromatic N) is 2. The van der Waals surface area contributed by atoms with Crippen molar-refractivity contribution in [3.8, 4) is 0 Å². The highest BCUT2D eigenvalue weighted by atomic mass is 16.2.